The van der Waals surface area contributed by atoms with Gasteiger partial charge in [0.25, 0.3) is 0 Å². The van der Waals surface area contributed by atoms with Crippen molar-refractivity contribution < 1.29 is 4.92 Å². The van der Waals surface area contributed by atoms with Crippen LogP contribution in [-0.4, -0.2) is 19.6 Å². The van der Waals surface area contributed by atoms with Crippen molar-refractivity contribution >= 4 is 35.2 Å². The van der Waals surface area contributed by atoms with E-state index in [1.807, 2.05) is 0 Å². The number of rotatable bonds is 3. The number of nitrogens with two attached hydrogens (primary N) is 1. The standard InChI is InChI=1S/C7H11N5O2S.ClH/c1-4-10-3-6(12(13)14)11(4)5(2)15-7(8)9;/h3,5H,1-2H3,(H3,8,9);1H. The van der Waals surface area contributed by atoms with Crippen LogP contribution in [0.2, 0.25) is 0 Å². The molecule has 0 saturated carbocycles. The highest BCUT2D eigenvalue weighted by Gasteiger charge is 2.23. The number of nitrogens with zero attached hydrogens (tertiary/aromatic N) is 3. The van der Waals surface area contributed by atoms with Crippen LogP contribution in [-0.2, 0) is 0 Å². The van der Waals surface area contributed by atoms with Gasteiger partial charge in [0.05, 0.1) is 0 Å². The normalized spacial score (nSPS) is 11.6. The van der Waals surface area contributed by atoms with E-state index in [1.165, 1.54) is 10.8 Å². The lowest BCUT2D eigenvalue weighted by Gasteiger charge is -2.09. The quantitative estimate of drug-likeness (QED) is 0.374. The monoisotopic (exact) mass is 265 g/mol. The Morgan fingerprint density at radius 3 is 2.81 bits per heavy atom. The maximum atomic E-state index is 10.7. The number of halogens is 1. The van der Waals surface area contributed by atoms with E-state index in [0.717, 1.165) is 11.8 Å². The van der Waals surface area contributed by atoms with Gasteiger partial charge < -0.3 is 15.8 Å². The van der Waals surface area contributed by atoms with Crippen molar-refractivity contribution in [2.45, 2.75) is 19.2 Å². The van der Waals surface area contributed by atoms with Crippen LogP contribution in [0.25, 0.3) is 0 Å². The van der Waals surface area contributed by atoms with E-state index in [9.17, 15) is 10.1 Å². The maximum absolute atomic E-state index is 10.7. The van der Waals surface area contributed by atoms with Gasteiger partial charge in [-0.25, -0.2) is 4.98 Å². The van der Waals surface area contributed by atoms with Crippen molar-refractivity contribution in [3.8, 4) is 0 Å². The predicted octanol–water partition coefficient (Wildman–Crippen LogP) is 1.67. The number of amidine groups is 1. The summed E-state index contributed by atoms with van der Waals surface area (Å²) in [6.45, 7) is 3.40. The Kier molecular flexibility index (Phi) is 5.25. The van der Waals surface area contributed by atoms with Gasteiger partial charge >= 0.3 is 5.82 Å². The lowest BCUT2D eigenvalue weighted by Crippen LogP contribution is -2.13. The van der Waals surface area contributed by atoms with E-state index >= 15 is 0 Å². The van der Waals surface area contributed by atoms with Crippen molar-refractivity contribution in [2.75, 3.05) is 0 Å². The molecule has 1 unspecified atom stereocenters. The Balaban J connectivity index is 0.00000225. The van der Waals surface area contributed by atoms with Gasteiger partial charge in [-0.1, -0.05) is 0 Å². The molecule has 90 valence electrons. The smallest absolute Gasteiger partial charge is 0.343 e. The topological polar surface area (TPSA) is 111 Å². The van der Waals surface area contributed by atoms with Gasteiger partial charge in [0.2, 0.25) is 0 Å². The van der Waals surface area contributed by atoms with E-state index < -0.39 is 4.92 Å². The van der Waals surface area contributed by atoms with E-state index in [2.05, 4.69) is 4.98 Å². The number of hydrogen-bond acceptors (Lipinski definition) is 5. The number of aromatic nitrogens is 2. The number of nitro groups is 1. The molecule has 1 aromatic rings. The highest BCUT2D eigenvalue weighted by Crippen LogP contribution is 2.28. The fourth-order valence-electron chi connectivity index (χ4n) is 1.26. The molecule has 0 saturated heterocycles. The second-order valence-electron chi connectivity index (χ2n) is 2.87. The minimum absolute atomic E-state index is 0. The first kappa shape index (κ1) is 14.7. The van der Waals surface area contributed by atoms with E-state index in [0.29, 0.717) is 5.82 Å². The van der Waals surface area contributed by atoms with Gasteiger partial charge in [0.15, 0.2) is 16.4 Å². The molecular formula is C7H12ClN5O2S. The summed E-state index contributed by atoms with van der Waals surface area (Å²) in [4.78, 5) is 14.0. The zero-order chi connectivity index (χ0) is 11.6. The second-order valence-corrected chi connectivity index (χ2v) is 4.23. The Labute approximate surface area is 102 Å². The van der Waals surface area contributed by atoms with Gasteiger partial charge in [0, 0.05) is 6.92 Å². The van der Waals surface area contributed by atoms with E-state index in [4.69, 9.17) is 11.1 Å². The first-order chi connectivity index (χ1) is 6.93. The van der Waals surface area contributed by atoms with Gasteiger partial charge in [-0.15, -0.1) is 12.4 Å². The summed E-state index contributed by atoms with van der Waals surface area (Å²) in [7, 11) is 0. The fourth-order valence-corrected chi connectivity index (χ4v) is 2.00. The van der Waals surface area contributed by atoms with Gasteiger partial charge in [0.1, 0.15) is 6.20 Å². The van der Waals surface area contributed by atoms with Crippen molar-refractivity contribution in [3.05, 3.63) is 22.1 Å². The molecule has 0 aromatic carbocycles. The molecule has 1 atom stereocenters. The molecule has 16 heavy (non-hydrogen) atoms. The molecule has 7 nitrogen and oxygen atoms in total. The summed E-state index contributed by atoms with van der Waals surface area (Å²) in [6, 6.07) is 0. The molecular weight excluding hydrogens is 254 g/mol. The molecule has 0 fully saturated rings. The number of hydrogen-bond donors (Lipinski definition) is 2. The molecule has 0 aliphatic heterocycles. The summed E-state index contributed by atoms with van der Waals surface area (Å²) in [5.41, 5.74) is 5.22. The summed E-state index contributed by atoms with van der Waals surface area (Å²) in [5.74, 6) is 0.441. The minimum Gasteiger partial charge on any atom is -0.379 e. The highest BCUT2D eigenvalue weighted by atomic mass is 35.5. The van der Waals surface area contributed by atoms with Crippen molar-refractivity contribution in [2.24, 2.45) is 5.73 Å². The Morgan fingerprint density at radius 2 is 2.38 bits per heavy atom. The van der Waals surface area contributed by atoms with Crippen molar-refractivity contribution in [3.63, 3.8) is 0 Å². The van der Waals surface area contributed by atoms with Gasteiger partial charge in [-0.05, 0) is 23.6 Å². The second kappa shape index (κ2) is 5.71. The Bertz CT molecular complexity index is 407. The number of nitrogens with one attached hydrogen (secondary N) is 1. The predicted molar refractivity (Wildman–Crippen MR) is 65.1 cm³/mol. The lowest BCUT2D eigenvalue weighted by molar-refractivity contribution is -0.392. The zero-order valence-corrected chi connectivity index (χ0v) is 10.3. The Morgan fingerprint density at radius 1 is 1.81 bits per heavy atom. The maximum Gasteiger partial charge on any atom is 0.343 e. The first-order valence-electron chi connectivity index (χ1n) is 4.12. The van der Waals surface area contributed by atoms with Crippen LogP contribution in [0, 0.1) is 22.4 Å². The molecule has 1 heterocycles. The number of aryl methyl sites for hydroxylation is 1. The summed E-state index contributed by atoms with van der Waals surface area (Å²) >= 11 is 1.04. The summed E-state index contributed by atoms with van der Waals surface area (Å²) in [5, 5.41) is 17.4. The molecule has 1 aromatic heterocycles. The number of imidazole rings is 1. The van der Waals surface area contributed by atoms with Crippen LogP contribution >= 0.6 is 24.2 Å². The molecule has 0 bridgehead atoms. The molecule has 1 rings (SSSR count). The average Bonchev–Trinajstić information content (AvgIpc) is 2.45. The highest BCUT2D eigenvalue weighted by molar-refractivity contribution is 8.13. The molecule has 9 heteroatoms. The summed E-state index contributed by atoms with van der Waals surface area (Å²) < 4.78 is 1.44. The average molecular weight is 266 g/mol. The van der Waals surface area contributed by atoms with Crippen LogP contribution in [0.15, 0.2) is 6.20 Å². The first-order valence-corrected chi connectivity index (χ1v) is 5.00. The third-order valence-corrected chi connectivity index (χ3v) is 2.62. The van der Waals surface area contributed by atoms with Crippen molar-refractivity contribution in [1.82, 2.24) is 9.55 Å². The third-order valence-electron chi connectivity index (χ3n) is 1.81. The van der Waals surface area contributed by atoms with Crippen LogP contribution in [0.5, 0.6) is 0 Å². The van der Waals surface area contributed by atoms with Crippen molar-refractivity contribution in [1.29, 1.82) is 5.41 Å². The fraction of sp³-hybridized carbons (Fsp3) is 0.429. The Hall–Kier alpha value is -1.28. The zero-order valence-electron chi connectivity index (χ0n) is 8.71. The van der Waals surface area contributed by atoms with Crippen LogP contribution in [0.3, 0.4) is 0 Å². The third kappa shape index (κ3) is 3.11. The van der Waals surface area contributed by atoms with Gasteiger partial charge in [-0.2, -0.15) is 4.57 Å². The van der Waals surface area contributed by atoms with E-state index in [-0.39, 0.29) is 28.8 Å². The molecule has 0 amide bonds. The van der Waals surface area contributed by atoms with Gasteiger partial charge in [-0.3, -0.25) is 5.41 Å². The molecule has 0 radical (unpaired) electrons. The largest absolute Gasteiger partial charge is 0.379 e. The van der Waals surface area contributed by atoms with Crippen LogP contribution in [0.1, 0.15) is 18.1 Å². The van der Waals surface area contributed by atoms with E-state index in [1.54, 1.807) is 13.8 Å². The van der Waals surface area contributed by atoms with Crippen LogP contribution < -0.4 is 5.73 Å². The molecule has 0 spiro atoms. The lowest BCUT2D eigenvalue weighted by atomic mass is 10.6. The SMILES string of the molecule is Cc1ncc([N+](=O)[O-])n1C(C)SC(=N)N.Cl. The van der Waals surface area contributed by atoms with Crippen LogP contribution in [0.4, 0.5) is 5.82 Å². The summed E-state index contributed by atoms with van der Waals surface area (Å²) in [6.07, 6.45) is 1.20. The number of thioether (sulfide) groups is 1. The molecule has 0 aliphatic carbocycles. The molecule has 0 aliphatic rings. The molecule has 3 N–H and O–H groups in total. The minimum atomic E-state index is -0.503.